The van der Waals surface area contributed by atoms with Gasteiger partial charge in [0.2, 0.25) is 0 Å². The van der Waals surface area contributed by atoms with E-state index in [-0.39, 0.29) is 0 Å². The predicted molar refractivity (Wildman–Crippen MR) is 76.4 cm³/mol. The summed E-state index contributed by atoms with van der Waals surface area (Å²) in [5.41, 5.74) is 2.77. The number of hydrogen-bond acceptors (Lipinski definition) is 3. The molecule has 20 heavy (non-hydrogen) atoms. The van der Waals surface area contributed by atoms with E-state index in [4.69, 9.17) is 16.0 Å². The van der Waals surface area contributed by atoms with Crippen LogP contribution >= 0.6 is 11.6 Å². The highest BCUT2D eigenvalue weighted by Crippen LogP contribution is 2.24. The molecule has 0 saturated carbocycles. The maximum Gasteiger partial charge on any atom is 0.154 e. The van der Waals surface area contributed by atoms with E-state index in [1.807, 2.05) is 25.1 Å². The Morgan fingerprint density at radius 2 is 2.20 bits per heavy atom. The van der Waals surface area contributed by atoms with Gasteiger partial charge < -0.3 is 4.42 Å². The van der Waals surface area contributed by atoms with Crippen molar-refractivity contribution in [3.63, 3.8) is 0 Å². The zero-order valence-corrected chi connectivity index (χ0v) is 11.5. The highest BCUT2D eigenvalue weighted by molar-refractivity contribution is 6.31. The van der Waals surface area contributed by atoms with Gasteiger partial charge in [-0.05, 0) is 36.8 Å². The van der Waals surface area contributed by atoms with Gasteiger partial charge in [0.05, 0.1) is 17.5 Å². The van der Waals surface area contributed by atoms with Gasteiger partial charge in [0.1, 0.15) is 5.69 Å². The Labute approximate surface area is 120 Å². The van der Waals surface area contributed by atoms with Crippen LogP contribution in [0.4, 0.5) is 0 Å². The zero-order valence-electron chi connectivity index (χ0n) is 10.7. The van der Waals surface area contributed by atoms with Gasteiger partial charge in [0.25, 0.3) is 0 Å². The second kappa shape index (κ2) is 4.98. The molecule has 0 fully saturated rings. The van der Waals surface area contributed by atoms with Gasteiger partial charge >= 0.3 is 0 Å². The highest BCUT2D eigenvalue weighted by atomic mass is 35.5. The molecule has 2 aromatic heterocycles. The summed E-state index contributed by atoms with van der Waals surface area (Å²) in [4.78, 5) is 11.2. The second-order valence-corrected chi connectivity index (χ2v) is 4.81. The average molecular weight is 287 g/mol. The molecule has 4 nitrogen and oxygen atoms in total. The number of carbonyl (C=O) groups is 1. The Morgan fingerprint density at radius 3 is 2.85 bits per heavy atom. The summed E-state index contributed by atoms with van der Waals surface area (Å²) in [5.74, 6) is 0.559. The number of nitrogens with zero attached hydrogens (tertiary/aromatic N) is 2. The third-order valence-corrected chi connectivity index (χ3v) is 3.45. The number of benzene rings is 1. The van der Waals surface area contributed by atoms with Gasteiger partial charge in [-0.15, -0.1) is 0 Å². The van der Waals surface area contributed by atoms with E-state index in [1.54, 1.807) is 29.3 Å². The molecule has 0 spiro atoms. The fraction of sp³-hybridized carbons (Fsp3) is 0.0667. The monoisotopic (exact) mass is 286 g/mol. The van der Waals surface area contributed by atoms with E-state index in [0.29, 0.717) is 22.0 Å². The first-order chi connectivity index (χ1) is 9.69. The van der Waals surface area contributed by atoms with Crippen molar-refractivity contribution >= 4 is 17.9 Å². The van der Waals surface area contributed by atoms with E-state index in [9.17, 15) is 4.79 Å². The molecule has 3 aromatic rings. The number of rotatable bonds is 3. The molecule has 5 heteroatoms. The maximum absolute atomic E-state index is 11.2. The molecule has 0 amide bonds. The van der Waals surface area contributed by atoms with E-state index in [2.05, 4.69) is 5.10 Å². The lowest BCUT2D eigenvalue weighted by molar-refractivity contribution is 0.112. The number of aromatic nitrogens is 2. The van der Waals surface area contributed by atoms with Crippen molar-refractivity contribution in [2.75, 3.05) is 0 Å². The van der Waals surface area contributed by atoms with Crippen LogP contribution in [0.3, 0.4) is 0 Å². The molecule has 0 aliphatic rings. The van der Waals surface area contributed by atoms with Crippen LogP contribution < -0.4 is 0 Å². The van der Waals surface area contributed by atoms with Crippen LogP contribution in [0, 0.1) is 6.92 Å². The maximum atomic E-state index is 11.2. The van der Waals surface area contributed by atoms with Crippen molar-refractivity contribution in [3.8, 4) is 17.1 Å². The molecular formula is C15H11ClN2O2. The zero-order chi connectivity index (χ0) is 14.1. The van der Waals surface area contributed by atoms with Gasteiger partial charge in [-0.25, -0.2) is 4.68 Å². The van der Waals surface area contributed by atoms with Gasteiger partial charge in [0, 0.05) is 11.2 Å². The van der Waals surface area contributed by atoms with Crippen molar-refractivity contribution in [3.05, 3.63) is 58.9 Å². The topological polar surface area (TPSA) is 48.0 Å². The van der Waals surface area contributed by atoms with Gasteiger partial charge in [-0.1, -0.05) is 17.7 Å². The summed E-state index contributed by atoms with van der Waals surface area (Å²) in [7, 11) is 0. The first kappa shape index (κ1) is 12.7. The first-order valence-corrected chi connectivity index (χ1v) is 6.42. The minimum atomic E-state index is 0.469. The van der Waals surface area contributed by atoms with Crippen molar-refractivity contribution < 1.29 is 9.21 Å². The Morgan fingerprint density at radius 1 is 1.35 bits per heavy atom. The number of hydrogen-bond donors (Lipinski definition) is 0. The molecule has 2 heterocycles. The molecule has 100 valence electrons. The van der Waals surface area contributed by atoms with E-state index >= 15 is 0 Å². The first-order valence-electron chi connectivity index (χ1n) is 6.04. The lowest BCUT2D eigenvalue weighted by Crippen LogP contribution is -1.95. The molecule has 0 bridgehead atoms. The summed E-state index contributed by atoms with van der Waals surface area (Å²) in [6.07, 6.45) is 3.97. The molecule has 0 aliphatic heterocycles. The average Bonchev–Trinajstić information content (AvgIpc) is 3.09. The number of aldehydes is 1. The normalized spacial score (nSPS) is 10.7. The largest absolute Gasteiger partial charge is 0.463 e. The van der Waals surface area contributed by atoms with Crippen molar-refractivity contribution in [2.24, 2.45) is 0 Å². The third-order valence-electron chi connectivity index (χ3n) is 3.04. The van der Waals surface area contributed by atoms with Gasteiger partial charge in [-0.2, -0.15) is 5.10 Å². The second-order valence-electron chi connectivity index (χ2n) is 4.41. The van der Waals surface area contributed by atoms with Crippen LogP contribution in [0.25, 0.3) is 17.1 Å². The SMILES string of the molecule is Cc1ccc(-n2cc(C=O)c(-c3ccco3)n2)cc1Cl. The lowest BCUT2D eigenvalue weighted by atomic mass is 10.2. The van der Waals surface area contributed by atoms with E-state index in [1.165, 1.54) is 0 Å². The lowest BCUT2D eigenvalue weighted by Gasteiger charge is -2.03. The summed E-state index contributed by atoms with van der Waals surface area (Å²) in [5, 5.41) is 5.06. The van der Waals surface area contributed by atoms with Crippen LogP contribution in [0.5, 0.6) is 0 Å². The summed E-state index contributed by atoms with van der Waals surface area (Å²) < 4.78 is 6.91. The third kappa shape index (κ3) is 2.14. The van der Waals surface area contributed by atoms with Crippen LogP contribution in [0.15, 0.2) is 47.2 Å². The molecule has 0 aliphatic carbocycles. The molecule has 0 atom stereocenters. The van der Waals surface area contributed by atoms with Crippen molar-refractivity contribution in [1.82, 2.24) is 9.78 Å². The molecule has 0 radical (unpaired) electrons. The van der Waals surface area contributed by atoms with Crippen LogP contribution in [-0.2, 0) is 0 Å². The molecule has 0 saturated heterocycles. The van der Waals surface area contributed by atoms with Crippen LogP contribution in [0.1, 0.15) is 15.9 Å². The molecule has 0 N–H and O–H groups in total. The van der Waals surface area contributed by atoms with Crippen molar-refractivity contribution in [1.29, 1.82) is 0 Å². The summed E-state index contributed by atoms with van der Waals surface area (Å²) in [6, 6.07) is 9.14. The predicted octanol–water partition coefficient (Wildman–Crippen LogP) is 3.91. The molecule has 0 unspecified atom stereocenters. The summed E-state index contributed by atoms with van der Waals surface area (Å²) in [6.45, 7) is 1.93. The molecule has 1 aromatic carbocycles. The van der Waals surface area contributed by atoms with Crippen LogP contribution in [0.2, 0.25) is 5.02 Å². The number of halogens is 1. The Balaban J connectivity index is 2.11. The molecule has 3 rings (SSSR count). The number of furan rings is 1. The minimum absolute atomic E-state index is 0.469. The quantitative estimate of drug-likeness (QED) is 0.686. The van der Waals surface area contributed by atoms with Crippen LogP contribution in [-0.4, -0.2) is 16.1 Å². The number of aryl methyl sites for hydroxylation is 1. The smallest absolute Gasteiger partial charge is 0.154 e. The van der Waals surface area contributed by atoms with E-state index in [0.717, 1.165) is 17.5 Å². The fourth-order valence-corrected chi connectivity index (χ4v) is 2.11. The van der Waals surface area contributed by atoms with Gasteiger partial charge in [0.15, 0.2) is 12.0 Å². The molecular weight excluding hydrogens is 276 g/mol. The number of carbonyl (C=O) groups excluding carboxylic acids is 1. The Bertz CT molecular complexity index is 760. The Hall–Kier alpha value is -2.33. The highest BCUT2D eigenvalue weighted by Gasteiger charge is 2.14. The summed E-state index contributed by atoms with van der Waals surface area (Å²) >= 11 is 6.11. The van der Waals surface area contributed by atoms with E-state index < -0.39 is 0 Å². The standard InChI is InChI=1S/C15H11ClN2O2/c1-10-4-5-12(7-13(10)16)18-8-11(9-19)15(17-18)14-3-2-6-20-14/h2-9H,1H3. The Kier molecular flexibility index (Phi) is 3.16. The van der Waals surface area contributed by atoms with Gasteiger partial charge in [-0.3, -0.25) is 4.79 Å². The van der Waals surface area contributed by atoms with Crippen molar-refractivity contribution in [2.45, 2.75) is 6.92 Å². The fourth-order valence-electron chi connectivity index (χ4n) is 1.93. The minimum Gasteiger partial charge on any atom is -0.463 e.